The van der Waals surface area contributed by atoms with Gasteiger partial charge in [0.2, 0.25) is 0 Å². The van der Waals surface area contributed by atoms with Crippen LogP contribution in [0.15, 0.2) is 11.6 Å². The predicted molar refractivity (Wildman–Crippen MR) is 67.6 cm³/mol. The first-order chi connectivity index (χ1) is 7.80. The monoisotopic (exact) mass is 263 g/mol. The van der Waals surface area contributed by atoms with Crippen LogP contribution in [0.3, 0.4) is 0 Å². The molecule has 1 atom stereocenters. The average molecular weight is 263 g/mol. The molecular formula is C11H21NO4S. The van der Waals surface area contributed by atoms with Gasteiger partial charge in [0, 0.05) is 24.4 Å². The third-order valence-corrected chi connectivity index (χ3v) is 3.30. The van der Waals surface area contributed by atoms with Crippen molar-refractivity contribution in [3.8, 4) is 0 Å². The van der Waals surface area contributed by atoms with Gasteiger partial charge in [0.25, 0.3) is 0 Å². The maximum absolute atomic E-state index is 11.2. The summed E-state index contributed by atoms with van der Waals surface area (Å²) >= 11 is 0. The quantitative estimate of drug-likeness (QED) is 0.535. The molecule has 0 aliphatic carbocycles. The van der Waals surface area contributed by atoms with Crippen LogP contribution >= 0.6 is 0 Å². The van der Waals surface area contributed by atoms with Crippen molar-refractivity contribution in [2.75, 3.05) is 25.7 Å². The van der Waals surface area contributed by atoms with Gasteiger partial charge in [0.1, 0.15) is 9.84 Å². The highest BCUT2D eigenvalue weighted by atomic mass is 32.2. The van der Waals surface area contributed by atoms with Gasteiger partial charge < -0.3 is 10.1 Å². The van der Waals surface area contributed by atoms with E-state index in [2.05, 4.69) is 10.1 Å². The molecule has 0 rings (SSSR count). The molecule has 0 spiro atoms. The Balaban J connectivity index is 4.20. The zero-order valence-corrected chi connectivity index (χ0v) is 11.6. The van der Waals surface area contributed by atoms with E-state index in [9.17, 15) is 13.2 Å². The first-order valence-corrected chi connectivity index (χ1v) is 7.54. The zero-order chi connectivity index (χ0) is 13.5. The van der Waals surface area contributed by atoms with Gasteiger partial charge in [-0.3, -0.25) is 0 Å². The van der Waals surface area contributed by atoms with Crippen molar-refractivity contribution in [1.29, 1.82) is 0 Å². The second kappa shape index (κ2) is 7.45. The minimum Gasteiger partial charge on any atom is -0.466 e. The van der Waals surface area contributed by atoms with Gasteiger partial charge in [-0.2, -0.15) is 0 Å². The Hall–Kier alpha value is -0.880. The SMILES string of the molecule is CCC(=CCNC(C)CS(C)(=O)=O)C(=O)OC. The number of esters is 1. The summed E-state index contributed by atoms with van der Waals surface area (Å²) in [4.78, 5) is 11.2. The maximum atomic E-state index is 11.2. The number of methoxy groups -OCH3 is 1. The molecule has 0 aromatic rings. The van der Waals surface area contributed by atoms with Gasteiger partial charge in [-0.25, -0.2) is 13.2 Å². The number of ether oxygens (including phenoxy) is 1. The summed E-state index contributed by atoms with van der Waals surface area (Å²) < 4.78 is 26.7. The third kappa shape index (κ3) is 7.93. The Morgan fingerprint density at radius 1 is 1.47 bits per heavy atom. The fourth-order valence-electron chi connectivity index (χ4n) is 1.40. The van der Waals surface area contributed by atoms with Crippen molar-refractivity contribution in [3.63, 3.8) is 0 Å². The van der Waals surface area contributed by atoms with Gasteiger partial charge in [-0.15, -0.1) is 0 Å². The first-order valence-electron chi connectivity index (χ1n) is 5.48. The topological polar surface area (TPSA) is 72.5 Å². The molecule has 6 heteroatoms. The van der Waals surface area contributed by atoms with E-state index in [-0.39, 0.29) is 17.8 Å². The summed E-state index contributed by atoms with van der Waals surface area (Å²) in [5.74, 6) is -0.259. The molecule has 0 saturated carbocycles. The van der Waals surface area contributed by atoms with Crippen LogP contribution in [0, 0.1) is 0 Å². The molecule has 17 heavy (non-hydrogen) atoms. The molecule has 100 valence electrons. The van der Waals surface area contributed by atoms with E-state index in [4.69, 9.17) is 0 Å². The number of sulfone groups is 1. The van der Waals surface area contributed by atoms with E-state index < -0.39 is 9.84 Å². The molecule has 0 radical (unpaired) electrons. The molecule has 0 aromatic heterocycles. The highest BCUT2D eigenvalue weighted by Gasteiger charge is 2.10. The van der Waals surface area contributed by atoms with E-state index >= 15 is 0 Å². The summed E-state index contributed by atoms with van der Waals surface area (Å²) in [5, 5.41) is 3.02. The second-order valence-corrected chi connectivity index (χ2v) is 6.16. The van der Waals surface area contributed by atoms with Crippen LogP contribution in [0.5, 0.6) is 0 Å². The van der Waals surface area contributed by atoms with Gasteiger partial charge in [-0.05, 0) is 13.3 Å². The molecule has 1 N–H and O–H groups in total. The summed E-state index contributed by atoms with van der Waals surface area (Å²) in [7, 11) is -1.64. The summed E-state index contributed by atoms with van der Waals surface area (Å²) in [6.45, 7) is 4.11. The van der Waals surface area contributed by atoms with Crippen LogP contribution in [-0.2, 0) is 19.4 Å². The van der Waals surface area contributed by atoms with Crippen LogP contribution in [0.2, 0.25) is 0 Å². The van der Waals surface area contributed by atoms with Crippen LogP contribution in [-0.4, -0.2) is 46.1 Å². The van der Waals surface area contributed by atoms with E-state index in [1.807, 2.05) is 6.92 Å². The summed E-state index contributed by atoms with van der Waals surface area (Å²) in [6.07, 6.45) is 3.52. The molecule has 5 nitrogen and oxygen atoms in total. The minimum atomic E-state index is -2.98. The van der Waals surface area contributed by atoms with Crippen molar-refractivity contribution >= 4 is 15.8 Å². The molecule has 1 unspecified atom stereocenters. The van der Waals surface area contributed by atoms with Crippen molar-refractivity contribution in [3.05, 3.63) is 11.6 Å². The molecule has 0 amide bonds. The lowest BCUT2D eigenvalue weighted by molar-refractivity contribution is -0.136. The van der Waals surface area contributed by atoms with Gasteiger partial charge >= 0.3 is 5.97 Å². The van der Waals surface area contributed by atoms with Crippen molar-refractivity contribution in [2.24, 2.45) is 0 Å². The van der Waals surface area contributed by atoms with Crippen LogP contribution in [0.1, 0.15) is 20.3 Å². The number of nitrogens with one attached hydrogen (secondary N) is 1. The predicted octanol–water partition coefficient (Wildman–Crippen LogP) is 0.518. The van der Waals surface area contributed by atoms with Gasteiger partial charge in [0.05, 0.1) is 12.9 Å². The van der Waals surface area contributed by atoms with Crippen molar-refractivity contribution in [2.45, 2.75) is 26.3 Å². The zero-order valence-electron chi connectivity index (χ0n) is 10.8. The lowest BCUT2D eigenvalue weighted by Gasteiger charge is -2.11. The molecule has 0 aliphatic heterocycles. The Bertz CT molecular complexity index is 373. The minimum absolute atomic E-state index is 0.0839. The molecule has 0 heterocycles. The Morgan fingerprint density at radius 2 is 2.06 bits per heavy atom. The summed E-state index contributed by atoms with van der Waals surface area (Å²) in [5.41, 5.74) is 0.589. The molecular weight excluding hydrogens is 242 g/mol. The van der Waals surface area contributed by atoms with Crippen molar-refractivity contribution in [1.82, 2.24) is 5.32 Å². The van der Waals surface area contributed by atoms with Gasteiger partial charge in [0.15, 0.2) is 0 Å². The lowest BCUT2D eigenvalue weighted by atomic mass is 10.2. The fourth-order valence-corrected chi connectivity index (χ4v) is 2.43. The van der Waals surface area contributed by atoms with Crippen LogP contribution in [0.25, 0.3) is 0 Å². The summed E-state index contributed by atoms with van der Waals surface area (Å²) in [6, 6.07) is -0.142. The molecule has 0 aromatic carbocycles. The maximum Gasteiger partial charge on any atom is 0.333 e. The average Bonchev–Trinajstić information content (AvgIpc) is 2.21. The van der Waals surface area contributed by atoms with Crippen LogP contribution < -0.4 is 5.32 Å². The molecule has 0 saturated heterocycles. The molecule has 0 fully saturated rings. The normalized spacial score (nSPS) is 14.5. The van der Waals surface area contributed by atoms with E-state index in [0.717, 1.165) is 0 Å². The Labute approximate surface area is 103 Å². The molecule has 0 bridgehead atoms. The lowest BCUT2D eigenvalue weighted by Crippen LogP contribution is -2.33. The largest absolute Gasteiger partial charge is 0.466 e. The number of hydrogen-bond acceptors (Lipinski definition) is 5. The van der Waals surface area contributed by atoms with E-state index in [0.29, 0.717) is 18.5 Å². The van der Waals surface area contributed by atoms with Crippen molar-refractivity contribution < 1.29 is 17.9 Å². The number of rotatable bonds is 7. The van der Waals surface area contributed by atoms with Gasteiger partial charge in [-0.1, -0.05) is 13.0 Å². The third-order valence-electron chi connectivity index (χ3n) is 2.20. The number of carbonyl (C=O) groups is 1. The second-order valence-electron chi connectivity index (χ2n) is 3.98. The highest BCUT2D eigenvalue weighted by molar-refractivity contribution is 7.90. The van der Waals surface area contributed by atoms with Crippen LogP contribution in [0.4, 0.5) is 0 Å². The molecule has 0 aliphatic rings. The number of carbonyl (C=O) groups excluding carboxylic acids is 1. The highest BCUT2D eigenvalue weighted by Crippen LogP contribution is 2.02. The smallest absolute Gasteiger partial charge is 0.333 e. The fraction of sp³-hybridized carbons (Fsp3) is 0.727. The first kappa shape index (κ1) is 16.1. The number of hydrogen-bond donors (Lipinski definition) is 1. The Morgan fingerprint density at radius 3 is 2.47 bits per heavy atom. The Kier molecular flexibility index (Phi) is 7.06. The van der Waals surface area contributed by atoms with E-state index in [1.165, 1.54) is 13.4 Å². The standard InChI is InChI=1S/C11H21NO4S/c1-5-10(11(13)16-3)6-7-12-9(2)8-17(4,14)15/h6,9,12H,5,7-8H2,1-4H3. The van der Waals surface area contributed by atoms with E-state index in [1.54, 1.807) is 13.0 Å².